The quantitative estimate of drug-likeness (QED) is 0.461. The van der Waals surface area contributed by atoms with Crippen LogP contribution in [0.5, 0.6) is 0 Å². The molecule has 5 aliphatic carbocycles. The molecule has 0 aromatic rings. The topological polar surface area (TPSA) is 29.5 Å². The summed E-state index contributed by atoms with van der Waals surface area (Å²) in [7, 11) is 1.69. The molecule has 1 N–H and O–H groups in total. The van der Waals surface area contributed by atoms with E-state index in [1.54, 1.807) is 7.11 Å². The lowest BCUT2D eigenvalue weighted by Gasteiger charge is -2.60. The molecule has 1 saturated heterocycles. The van der Waals surface area contributed by atoms with Crippen LogP contribution in [0.15, 0.2) is 0 Å². The Kier molecular flexibility index (Phi) is 4.18. The predicted molar refractivity (Wildman–Crippen MR) is 115 cm³/mol. The first-order valence-corrected chi connectivity index (χ1v) is 13.2. The highest BCUT2D eigenvalue weighted by Crippen LogP contribution is 2.71. The van der Waals surface area contributed by atoms with Crippen molar-refractivity contribution in [2.24, 2.45) is 46.3 Å². The summed E-state index contributed by atoms with van der Waals surface area (Å²) in [6, 6.07) is 0. The van der Waals surface area contributed by atoms with Gasteiger partial charge in [-0.3, -0.25) is 0 Å². The normalized spacial score (nSPS) is 62.6. The van der Waals surface area contributed by atoms with Crippen LogP contribution in [0.25, 0.3) is 0 Å². The van der Waals surface area contributed by atoms with E-state index in [1.807, 2.05) is 0 Å². The third kappa shape index (κ3) is 2.54. The van der Waals surface area contributed by atoms with Crippen LogP contribution in [0.3, 0.4) is 0 Å². The van der Waals surface area contributed by atoms with E-state index in [0.29, 0.717) is 16.7 Å². The third-order valence-corrected chi connectivity index (χ3v) is 12.8. The zero-order valence-corrected chi connectivity index (χ0v) is 19.0. The Balaban J connectivity index is 1.24. The molecule has 0 aromatic carbocycles. The standard InChI is InChI=1S/C25H40O2S/c1-23-10-9-20-17(5-4-16-12-21-22(28-21)14-24(16,20)2)19(23)7-6-18(23)15-8-11-25(26,13-15)27-3/h15-22,26H,4-14H2,1-3H3/t15-,16+,17?,18?,19?,20?,21?,22?,23-,24+,25?/m1/s1. The first-order chi connectivity index (χ1) is 13.4. The highest BCUT2D eigenvalue weighted by molar-refractivity contribution is 8.07. The molecule has 0 aromatic heterocycles. The average Bonchev–Trinajstić information content (AvgIpc) is 3.14. The summed E-state index contributed by atoms with van der Waals surface area (Å²) in [6.07, 6.45) is 14.8. The molecule has 6 rings (SSSR count). The van der Waals surface area contributed by atoms with E-state index in [9.17, 15) is 5.11 Å². The van der Waals surface area contributed by atoms with Crippen molar-refractivity contribution in [1.82, 2.24) is 0 Å². The fourth-order valence-electron chi connectivity index (χ4n) is 9.89. The number of ether oxygens (including phenoxy) is 1. The second kappa shape index (κ2) is 6.16. The maximum atomic E-state index is 10.7. The van der Waals surface area contributed by atoms with Gasteiger partial charge in [-0.15, -0.1) is 0 Å². The predicted octanol–water partition coefficient (Wildman–Crippen LogP) is 5.87. The summed E-state index contributed by atoms with van der Waals surface area (Å²) in [5.74, 6) is 4.65. The van der Waals surface area contributed by atoms with E-state index < -0.39 is 5.79 Å². The van der Waals surface area contributed by atoms with Crippen LogP contribution in [-0.4, -0.2) is 28.5 Å². The van der Waals surface area contributed by atoms with Gasteiger partial charge < -0.3 is 9.84 Å². The Hall–Kier alpha value is 0.270. The Labute approximate surface area is 175 Å². The number of hydrogen-bond acceptors (Lipinski definition) is 3. The van der Waals surface area contributed by atoms with Gasteiger partial charge in [0, 0.05) is 30.5 Å². The number of thioether (sulfide) groups is 1. The second-order valence-corrected chi connectivity index (χ2v) is 13.7. The van der Waals surface area contributed by atoms with Crippen molar-refractivity contribution in [2.45, 2.75) is 101 Å². The number of hydrogen-bond donors (Lipinski definition) is 1. The zero-order valence-electron chi connectivity index (χ0n) is 18.2. The van der Waals surface area contributed by atoms with Crippen molar-refractivity contribution in [3.8, 4) is 0 Å². The largest absolute Gasteiger partial charge is 0.365 e. The lowest BCUT2D eigenvalue weighted by Crippen LogP contribution is -2.54. The molecule has 1 aliphatic heterocycles. The van der Waals surface area contributed by atoms with Crippen LogP contribution in [0.1, 0.15) is 84.5 Å². The van der Waals surface area contributed by atoms with Crippen molar-refractivity contribution in [1.29, 1.82) is 0 Å². The summed E-state index contributed by atoms with van der Waals surface area (Å²) in [6.45, 7) is 5.38. The van der Waals surface area contributed by atoms with Gasteiger partial charge in [0.15, 0.2) is 5.79 Å². The van der Waals surface area contributed by atoms with Gasteiger partial charge in [0.1, 0.15) is 0 Å². The van der Waals surface area contributed by atoms with Crippen LogP contribution in [0.4, 0.5) is 0 Å². The maximum Gasteiger partial charge on any atom is 0.165 e. The van der Waals surface area contributed by atoms with Crippen molar-refractivity contribution in [2.75, 3.05) is 7.11 Å². The molecule has 11 atom stereocenters. The molecular formula is C25H40O2S. The summed E-state index contributed by atoms with van der Waals surface area (Å²) in [4.78, 5) is 0. The number of methoxy groups -OCH3 is 1. The first-order valence-electron chi connectivity index (χ1n) is 12.3. The molecular weight excluding hydrogens is 364 g/mol. The Bertz CT molecular complexity index is 652. The fourth-order valence-corrected chi connectivity index (χ4v) is 11.3. The molecule has 6 fully saturated rings. The molecule has 28 heavy (non-hydrogen) atoms. The SMILES string of the molecule is COC1(O)CC[C@@H](C2CCC3C4CC[C@H]5CC6SC6C[C@]5(C)C4CC[C@@]32C)C1. The third-order valence-electron chi connectivity index (χ3n) is 11.4. The molecule has 0 bridgehead atoms. The molecule has 2 nitrogen and oxygen atoms in total. The van der Waals surface area contributed by atoms with Crippen molar-refractivity contribution >= 4 is 11.8 Å². The van der Waals surface area contributed by atoms with Gasteiger partial charge >= 0.3 is 0 Å². The highest BCUT2D eigenvalue weighted by atomic mass is 32.2. The lowest BCUT2D eigenvalue weighted by molar-refractivity contribution is -0.183. The molecule has 0 spiro atoms. The lowest BCUT2D eigenvalue weighted by atomic mass is 9.44. The number of rotatable bonds is 2. The minimum absolute atomic E-state index is 0.527. The smallest absolute Gasteiger partial charge is 0.165 e. The van der Waals surface area contributed by atoms with E-state index >= 15 is 0 Å². The van der Waals surface area contributed by atoms with Crippen LogP contribution in [0.2, 0.25) is 0 Å². The molecule has 0 radical (unpaired) electrons. The summed E-state index contributed by atoms with van der Waals surface area (Å²) in [5, 5.41) is 12.7. The van der Waals surface area contributed by atoms with Gasteiger partial charge in [-0.05, 0) is 104 Å². The van der Waals surface area contributed by atoms with Gasteiger partial charge in [0.2, 0.25) is 0 Å². The van der Waals surface area contributed by atoms with E-state index in [2.05, 4.69) is 25.6 Å². The molecule has 3 heteroatoms. The molecule has 5 saturated carbocycles. The molecule has 0 amide bonds. The van der Waals surface area contributed by atoms with Crippen LogP contribution >= 0.6 is 11.8 Å². The molecule has 1 heterocycles. The Morgan fingerprint density at radius 2 is 1.61 bits per heavy atom. The van der Waals surface area contributed by atoms with E-state index in [-0.39, 0.29) is 0 Å². The first kappa shape index (κ1) is 19.0. The van der Waals surface area contributed by atoms with Gasteiger partial charge in [0.05, 0.1) is 0 Å². The Morgan fingerprint density at radius 3 is 2.39 bits per heavy atom. The minimum atomic E-state index is -0.831. The molecule has 6 aliphatic rings. The monoisotopic (exact) mass is 404 g/mol. The summed E-state index contributed by atoms with van der Waals surface area (Å²) >= 11 is 2.31. The highest BCUT2D eigenvalue weighted by Gasteiger charge is 2.64. The van der Waals surface area contributed by atoms with Gasteiger partial charge in [-0.2, -0.15) is 11.8 Å². The van der Waals surface area contributed by atoms with Gasteiger partial charge in [0.25, 0.3) is 0 Å². The van der Waals surface area contributed by atoms with E-state index in [4.69, 9.17) is 4.74 Å². The number of aliphatic hydroxyl groups is 1. The van der Waals surface area contributed by atoms with Crippen molar-refractivity contribution in [3.63, 3.8) is 0 Å². The molecule has 7 unspecified atom stereocenters. The second-order valence-electron chi connectivity index (χ2n) is 12.2. The van der Waals surface area contributed by atoms with E-state index in [0.717, 1.165) is 52.9 Å². The number of fused-ring (bicyclic) bond motifs is 6. The molecule has 158 valence electrons. The van der Waals surface area contributed by atoms with Crippen LogP contribution in [-0.2, 0) is 4.74 Å². The zero-order chi connectivity index (χ0) is 19.3. The van der Waals surface area contributed by atoms with Crippen LogP contribution < -0.4 is 0 Å². The van der Waals surface area contributed by atoms with Gasteiger partial charge in [-0.25, -0.2) is 0 Å². The Morgan fingerprint density at radius 1 is 0.821 bits per heavy atom. The van der Waals surface area contributed by atoms with Crippen LogP contribution in [0, 0.1) is 46.3 Å². The fraction of sp³-hybridized carbons (Fsp3) is 1.00. The summed E-state index contributed by atoms with van der Waals surface area (Å²) < 4.78 is 5.48. The maximum absolute atomic E-state index is 10.7. The van der Waals surface area contributed by atoms with Crippen molar-refractivity contribution < 1.29 is 9.84 Å². The summed E-state index contributed by atoms with van der Waals surface area (Å²) in [5.41, 5.74) is 1.18. The minimum Gasteiger partial charge on any atom is -0.365 e. The van der Waals surface area contributed by atoms with Crippen molar-refractivity contribution in [3.05, 3.63) is 0 Å². The van der Waals surface area contributed by atoms with Gasteiger partial charge in [-0.1, -0.05) is 13.8 Å². The van der Waals surface area contributed by atoms with E-state index in [1.165, 1.54) is 57.8 Å². The average molecular weight is 405 g/mol.